The fourth-order valence-corrected chi connectivity index (χ4v) is 5.30. The van der Waals surface area contributed by atoms with Crippen molar-refractivity contribution in [3.05, 3.63) is 28.2 Å². The largest absolute Gasteiger partial charge is 0.349 e. The summed E-state index contributed by atoms with van der Waals surface area (Å²) in [5.74, 6) is -0.222. The van der Waals surface area contributed by atoms with E-state index >= 15 is 0 Å². The summed E-state index contributed by atoms with van der Waals surface area (Å²) >= 11 is 3.38. The van der Waals surface area contributed by atoms with Crippen LogP contribution in [0.3, 0.4) is 0 Å². The molecule has 138 valence electrons. The zero-order valence-corrected chi connectivity index (χ0v) is 16.8. The van der Waals surface area contributed by atoms with Gasteiger partial charge in [-0.3, -0.25) is 4.79 Å². The molecule has 0 atom stereocenters. The number of sulfonamides is 1. The normalized spacial score (nSPS) is 20.7. The molecule has 1 N–H and O–H groups in total. The van der Waals surface area contributed by atoms with Gasteiger partial charge in [-0.25, -0.2) is 8.42 Å². The predicted molar refractivity (Wildman–Crippen MR) is 100 cm³/mol. The Balaban J connectivity index is 1.78. The van der Waals surface area contributed by atoms with Crippen LogP contribution in [0, 0.1) is 0 Å². The first-order valence-corrected chi connectivity index (χ1v) is 10.9. The summed E-state index contributed by atoms with van der Waals surface area (Å²) in [5, 5.41) is 3.04. The minimum Gasteiger partial charge on any atom is -0.349 e. The van der Waals surface area contributed by atoms with E-state index in [9.17, 15) is 13.2 Å². The van der Waals surface area contributed by atoms with E-state index in [0.717, 1.165) is 38.8 Å². The maximum Gasteiger partial charge on any atom is 0.252 e. The lowest BCUT2D eigenvalue weighted by molar-refractivity contribution is 0.0916. The summed E-state index contributed by atoms with van der Waals surface area (Å²) in [5.41, 5.74) is 0.374. The van der Waals surface area contributed by atoms with E-state index in [0.29, 0.717) is 23.1 Å². The summed E-state index contributed by atoms with van der Waals surface area (Å²) in [6, 6.07) is 4.83. The van der Waals surface area contributed by atoms with Crippen LogP contribution in [0.15, 0.2) is 27.6 Å². The molecule has 25 heavy (non-hydrogen) atoms. The summed E-state index contributed by atoms with van der Waals surface area (Å²) in [6.07, 6.45) is 3.59. The van der Waals surface area contributed by atoms with E-state index in [2.05, 4.69) is 33.2 Å². The van der Waals surface area contributed by atoms with Crippen molar-refractivity contribution >= 4 is 31.9 Å². The van der Waals surface area contributed by atoms with Crippen LogP contribution in [-0.4, -0.2) is 62.8 Å². The Labute approximate surface area is 157 Å². The molecule has 3 rings (SSSR count). The summed E-state index contributed by atoms with van der Waals surface area (Å²) < 4.78 is 27.5. The SMILES string of the molecule is CN1CCC(NC(=O)c2cc(S(=O)(=O)N3CCCC3)ccc2Br)CC1. The Kier molecular flexibility index (Phi) is 5.82. The van der Waals surface area contributed by atoms with Crippen molar-refractivity contribution in [1.29, 1.82) is 0 Å². The van der Waals surface area contributed by atoms with Gasteiger partial charge in [-0.2, -0.15) is 4.31 Å². The first-order valence-electron chi connectivity index (χ1n) is 8.67. The highest BCUT2D eigenvalue weighted by Crippen LogP contribution is 2.26. The second kappa shape index (κ2) is 7.73. The molecular formula is C17H24BrN3O3S. The third kappa shape index (κ3) is 4.24. The molecule has 0 bridgehead atoms. The number of likely N-dealkylation sites (tertiary alicyclic amines) is 1. The Bertz CT molecular complexity index is 740. The van der Waals surface area contributed by atoms with E-state index in [-0.39, 0.29) is 16.8 Å². The molecule has 2 fully saturated rings. The molecule has 0 radical (unpaired) electrons. The molecule has 0 spiro atoms. The lowest BCUT2D eigenvalue weighted by Gasteiger charge is -2.29. The van der Waals surface area contributed by atoms with E-state index in [1.54, 1.807) is 12.1 Å². The Morgan fingerprint density at radius 1 is 1.16 bits per heavy atom. The number of carbonyl (C=O) groups excluding carboxylic acids is 1. The minimum atomic E-state index is -3.53. The van der Waals surface area contributed by atoms with Crippen molar-refractivity contribution in [1.82, 2.24) is 14.5 Å². The van der Waals surface area contributed by atoms with Crippen molar-refractivity contribution in [3.8, 4) is 0 Å². The van der Waals surface area contributed by atoms with Gasteiger partial charge >= 0.3 is 0 Å². The molecule has 0 unspecified atom stereocenters. The molecule has 1 aromatic rings. The van der Waals surface area contributed by atoms with E-state index in [1.807, 2.05) is 0 Å². The number of hydrogen-bond donors (Lipinski definition) is 1. The van der Waals surface area contributed by atoms with Crippen molar-refractivity contribution in [2.24, 2.45) is 0 Å². The standard InChI is InChI=1S/C17H24BrN3O3S/c1-20-10-6-13(7-11-20)19-17(22)15-12-14(4-5-16(15)18)25(23,24)21-8-2-3-9-21/h4-5,12-13H,2-3,6-11H2,1H3,(H,19,22). The van der Waals surface area contributed by atoms with Crippen LogP contribution >= 0.6 is 15.9 Å². The number of piperidine rings is 1. The van der Waals surface area contributed by atoms with Gasteiger partial charge in [0, 0.05) is 23.6 Å². The number of carbonyl (C=O) groups is 1. The monoisotopic (exact) mass is 429 g/mol. The number of halogens is 1. The topological polar surface area (TPSA) is 69.7 Å². The molecule has 2 saturated heterocycles. The average molecular weight is 430 g/mol. The van der Waals surface area contributed by atoms with Crippen LogP contribution in [0.2, 0.25) is 0 Å². The molecular weight excluding hydrogens is 406 g/mol. The molecule has 8 heteroatoms. The summed E-state index contributed by atoms with van der Waals surface area (Å²) in [7, 11) is -1.46. The summed E-state index contributed by atoms with van der Waals surface area (Å²) in [6.45, 7) is 3.01. The van der Waals surface area contributed by atoms with Crippen LogP contribution in [0.5, 0.6) is 0 Å². The molecule has 0 aliphatic carbocycles. The van der Waals surface area contributed by atoms with Crippen LogP contribution in [-0.2, 0) is 10.0 Å². The number of rotatable bonds is 4. The van der Waals surface area contributed by atoms with E-state index < -0.39 is 10.0 Å². The quantitative estimate of drug-likeness (QED) is 0.794. The van der Waals surface area contributed by atoms with Gasteiger partial charge in [-0.1, -0.05) is 0 Å². The molecule has 2 aliphatic rings. The Morgan fingerprint density at radius 2 is 1.80 bits per heavy atom. The van der Waals surface area contributed by atoms with Crippen LogP contribution < -0.4 is 5.32 Å². The van der Waals surface area contributed by atoms with Crippen molar-refractivity contribution in [2.45, 2.75) is 36.6 Å². The molecule has 1 amide bonds. The zero-order chi connectivity index (χ0) is 18.0. The molecule has 2 heterocycles. The smallest absolute Gasteiger partial charge is 0.252 e. The number of nitrogens with one attached hydrogen (secondary N) is 1. The maximum absolute atomic E-state index is 12.7. The third-order valence-corrected chi connectivity index (χ3v) is 7.53. The number of hydrogen-bond acceptors (Lipinski definition) is 4. The fourth-order valence-electron chi connectivity index (χ4n) is 3.33. The minimum absolute atomic E-state index is 0.134. The highest BCUT2D eigenvalue weighted by atomic mass is 79.9. The number of benzene rings is 1. The van der Waals surface area contributed by atoms with Crippen LogP contribution in [0.25, 0.3) is 0 Å². The van der Waals surface area contributed by atoms with Gasteiger partial charge in [0.15, 0.2) is 0 Å². The molecule has 0 saturated carbocycles. The number of amides is 1. The lowest BCUT2D eigenvalue weighted by Crippen LogP contribution is -2.43. The van der Waals surface area contributed by atoms with Gasteiger partial charge in [-0.05, 0) is 79.9 Å². The van der Waals surface area contributed by atoms with Crippen molar-refractivity contribution in [2.75, 3.05) is 33.2 Å². The van der Waals surface area contributed by atoms with Crippen LogP contribution in [0.1, 0.15) is 36.0 Å². The van der Waals surface area contributed by atoms with Gasteiger partial charge < -0.3 is 10.2 Å². The second-order valence-corrected chi connectivity index (χ2v) is 9.60. The van der Waals surface area contributed by atoms with E-state index in [4.69, 9.17) is 0 Å². The average Bonchev–Trinajstić information content (AvgIpc) is 3.12. The highest BCUT2D eigenvalue weighted by molar-refractivity contribution is 9.10. The fraction of sp³-hybridized carbons (Fsp3) is 0.588. The van der Waals surface area contributed by atoms with Crippen LogP contribution in [0.4, 0.5) is 0 Å². The lowest BCUT2D eigenvalue weighted by atomic mass is 10.0. The van der Waals surface area contributed by atoms with Crippen molar-refractivity contribution < 1.29 is 13.2 Å². The molecule has 0 aromatic heterocycles. The molecule has 2 aliphatic heterocycles. The van der Waals surface area contributed by atoms with E-state index in [1.165, 1.54) is 10.4 Å². The molecule has 1 aromatic carbocycles. The first-order chi connectivity index (χ1) is 11.9. The zero-order valence-electron chi connectivity index (χ0n) is 14.4. The summed E-state index contributed by atoms with van der Waals surface area (Å²) in [4.78, 5) is 15.1. The number of nitrogens with zero attached hydrogens (tertiary/aromatic N) is 2. The Hall–Kier alpha value is -0.960. The maximum atomic E-state index is 12.7. The van der Waals surface area contributed by atoms with Gasteiger partial charge in [0.25, 0.3) is 5.91 Å². The highest BCUT2D eigenvalue weighted by Gasteiger charge is 2.28. The molecule has 6 nitrogen and oxygen atoms in total. The predicted octanol–water partition coefficient (Wildman–Crippen LogP) is 2.06. The first kappa shape index (κ1) is 18.8. The van der Waals surface area contributed by atoms with Gasteiger partial charge in [-0.15, -0.1) is 0 Å². The third-order valence-electron chi connectivity index (χ3n) is 4.94. The van der Waals surface area contributed by atoms with Gasteiger partial charge in [0.2, 0.25) is 10.0 Å². The van der Waals surface area contributed by atoms with Gasteiger partial charge in [0.05, 0.1) is 10.5 Å². The Morgan fingerprint density at radius 3 is 2.44 bits per heavy atom. The van der Waals surface area contributed by atoms with Gasteiger partial charge in [0.1, 0.15) is 0 Å². The van der Waals surface area contributed by atoms with Crippen molar-refractivity contribution in [3.63, 3.8) is 0 Å². The second-order valence-electron chi connectivity index (χ2n) is 6.80.